The van der Waals surface area contributed by atoms with Crippen LogP contribution in [0.4, 0.5) is 0 Å². The molecule has 210 valence electrons. The molecule has 2 saturated carbocycles. The highest BCUT2D eigenvalue weighted by atomic mass is 16.5. The lowest BCUT2D eigenvalue weighted by molar-refractivity contribution is -0.161. The predicted molar refractivity (Wildman–Crippen MR) is 134 cm³/mol. The Hall–Kier alpha value is -3.22. The van der Waals surface area contributed by atoms with Crippen molar-refractivity contribution in [2.75, 3.05) is 7.11 Å². The number of benzene rings is 1. The van der Waals surface area contributed by atoms with E-state index in [-0.39, 0.29) is 19.3 Å². The molecule has 0 aromatic heterocycles. The highest BCUT2D eigenvalue weighted by Crippen LogP contribution is 2.44. The molecule has 38 heavy (non-hydrogen) atoms. The van der Waals surface area contributed by atoms with E-state index in [0.717, 1.165) is 12.8 Å². The molecule has 5 atom stereocenters. The number of aliphatic carboxylic acids is 1. The number of ether oxygens (including phenoxy) is 1. The molecule has 0 spiro atoms. The first kappa shape index (κ1) is 29.3. The van der Waals surface area contributed by atoms with Crippen molar-refractivity contribution < 1.29 is 44.3 Å². The minimum absolute atomic E-state index is 0.0398. The lowest BCUT2D eigenvalue weighted by Crippen LogP contribution is -2.64. The number of primary amides is 1. The molecular formula is C26H37N3O9. The second-order valence-electron chi connectivity index (χ2n) is 10.6. The first-order chi connectivity index (χ1) is 17.9. The Bertz CT molecular complexity index is 1030. The van der Waals surface area contributed by atoms with Crippen molar-refractivity contribution in [3.05, 3.63) is 29.8 Å². The van der Waals surface area contributed by atoms with Crippen LogP contribution in [0.5, 0.6) is 5.75 Å². The number of carboxylic acids is 1. The van der Waals surface area contributed by atoms with Crippen LogP contribution in [0.2, 0.25) is 0 Å². The number of carbonyl (C=O) groups excluding carboxylic acids is 3. The first-order valence-corrected chi connectivity index (χ1v) is 12.7. The molecule has 1 aromatic rings. The zero-order valence-electron chi connectivity index (χ0n) is 21.4. The highest BCUT2D eigenvalue weighted by Gasteiger charge is 2.50. The number of hydrogen-bond acceptors (Lipinski definition) is 8. The van der Waals surface area contributed by atoms with Crippen LogP contribution in [0.15, 0.2) is 24.3 Å². The Morgan fingerprint density at radius 3 is 2.26 bits per heavy atom. The van der Waals surface area contributed by atoms with Crippen molar-refractivity contribution in [2.45, 2.75) is 87.7 Å². The van der Waals surface area contributed by atoms with Crippen molar-refractivity contribution in [3.8, 4) is 5.75 Å². The first-order valence-electron chi connectivity index (χ1n) is 12.7. The molecule has 12 nitrogen and oxygen atoms in total. The summed E-state index contributed by atoms with van der Waals surface area (Å²) < 4.78 is 5.10. The van der Waals surface area contributed by atoms with Crippen molar-refractivity contribution in [1.82, 2.24) is 10.6 Å². The van der Waals surface area contributed by atoms with Crippen LogP contribution >= 0.6 is 0 Å². The number of aliphatic hydroxyl groups excluding tert-OH is 2. The summed E-state index contributed by atoms with van der Waals surface area (Å²) in [6.07, 6.45) is -1.39. The largest absolute Gasteiger partial charge is 0.497 e. The van der Waals surface area contributed by atoms with Crippen LogP contribution in [0.3, 0.4) is 0 Å². The number of amides is 3. The predicted octanol–water partition coefficient (Wildman–Crippen LogP) is -0.635. The second-order valence-corrected chi connectivity index (χ2v) is 10.6. The molecule has 0 heterocycles. The molecule has 0 radical (unpaired) electrons. The number of methoxy groups -OCH3 is 1. The molecule has 2 aliphatic rings. The van der Waals surface area contributed by atoms with Gasteiger partial charge in [-0.2, -0.15) is 0 Å². The standard InChI is InChI=1S/C26H37N3O9/c1-38-16-6-4-15(5-7-16)10-17(23(27)35)29-24(36)26(37)11-18(22(34)19(30)12-26)28-20(31)13-25(14-21(32)33)8-2-3-9-25/h4-7,17-19,22,30,34,37H,2-3,8-14H2,1H3,(H2,27,35)(H,28,31)(H,29,36)(H,32,33). The van der Waals surface area contributed by atoms with E-state index < -0.39 is 71.8 Å². The van der Waals surface area contributed by atoms with E-state index in [0.29, 0.717) is 24.2 Å². The summed E-state index contributed by atoms with van der Waals surface area (Å²) in [6.45, 7) is 0. The molecular weight excluding hydrogens is 498 g/mol. The number of nitrogens with two attached hydrogens (primary N) is 1. The van der Waals surface area contributed by atoms with Crippen LogP contribution < -0.4 is 21.1 Å². The van der Waals surface area contributed by atoms with E-state index in [4.69, 9.17) is 10.5 Å². The second kappa shape index (κ2) is 12.1. The monoisotopic (exact) mass is 535 g/mol. The van der Waals surface area contributed by atoms with Gasteiger partial charge in [0.2, 0.25) is 11.8 Å². The molecule has 0 aliphatic heterocycles. The van der Waals surface area contributed by atoms with Crippen molar-refractivity contribution in [2.24, 2.45) is 11.1 Å². The third-order valence-corrected chi connectivity index (χ3v) is 7.65. The fourth-order valence-electron chi connectivity index (χ4n) is 5.60. The molecule has 5 unspecified atom stereocenters. The molecule has 1 aromatic carbocycles. The maximum atomic E-state index is 13.1. The van der Waals surface area contributed by atoms with Crippen LogP contribution in [0, 0.1) is 5.41 Å². The van der Waals surface area contributed by atoms with Gasteiger partial charge in [0.05, 0.1) is 25.7 Å². The number of carboxylic acid groups (broad SMARTS) is 1. The summed E-state index contributed by atoms with van der Waals surface area (Å²) in [6, 6.07) is 4.41. The maximum absolute atomic E-state index is 13.1. The van der Waals surface area contributed by atoms with Gasteiger partial charge >= 0.3 is 5.97 Å². The fraction of sp³-hybridized carbons (Fsp3) is 0.615. The van der Waals surface area contributed by atoms with Gasteiger partial charge in [-0.3, -0.25) is 19.2 Å². The lowest BCUT2D eigenvalue weighted by atomic mass is 9.76. The van der Waals surface area contributed by atoms with Crippen LogP contribution in [0.1, 0.15) is 56.9 Å². The summed E-state index contributed by atoms with van der Waals surface area (Å²) in [5, 5.41) is 46.3. The zero-order chi connectivity index (χ0) is 28.1. The summed E-state index contributed by atoms with van der Waals surface area (Å²) in [4.78, 5) is 49.4. The minimum Gasteiger partial charge on any atom is -0.497 e. The molecule has 0 bridgehead atoms. The number of aliphatic hydroxyl groups is 3. The van der Waals surface area contributed by atoms with Crippen molar-refractivity contribution in [1.29, 1.82) is 0 Å². The van der Waals surface area contributed by atoms with Gasteiger partial charge in [-0.05, 0) is 36.0 Å². The van der Waals surface area contributed by atoms with Gasteiger partial charge in [0.1, 0.15) is 23.5 Å². The van der Waals surface area contributed by atoms with Crippen molar-refractivity contribution >= 4 is 23.7 Å². The number of carbonyl (C=O) groups is 4. The van der Waals surface area contributed by atoms with Gasteiger partial charge in [-0.15, -0.1) is 0 Å². The summed E-state index contributed by atoms with van der Waals surface area (Å²) in [5.74, 6) is -2.74. The van der Waals surface area contributed by atoms with Crippen LogP contribution in [-0.2, 0) is 25.6 Å². The van der Waals surface area contributed by atoms with E-state index >= 15 is 0 Å². The van der Waals surface area contributed by atoms with E-state index in [2.05, 4.69) is 10.6 Å². The number of nitrogens with one attached hydrogen (secondary N) is 2. The number of rotatable bonds is 11. The Balaban J connectivity index is 1.68. The van der Waals surface area contributed by atoms with Gasteiger partial charge < -0.3 is 41.5 Å². The summed E-state index contributed by atoms with van der Waals surface area (Å²) in [5.41, 5.74) is 3.25. The van der Waals surface area contributed by atoms with Gasteiger partial charge in [-0.1, -0.05) is 25.0 Å². The lowest BCUT2D eigenvalue weighted by Gasteiger charge is -2.42. The molecule has 8 N–H and O–H groups in total. The van der Waals surface area contributed by atoms with E-state index in [1.54, 1.807) is 24.3 Å². The fourth-order valence-corrected chi connectivity index (χ4v) is 5.60. The third kappa shape index (κ3) is 7.21. The SMILES string of the molecule is COc1ccc(CC(NC(=O)C2(O)CC(O)C(O)C(NC(=O)CC3(CC(=O)O)CCCC3)C2)C(N)=O)cc1. The Morgan fingerprint density at radius 2 is 1.71 bits per heavy atom. The van der Waals surface area contributed by atoms with E-state index in [1.165, 1.54) is 7.11 Å². The summed E-state index contributed by atoms with van der Waals surface area (Å²) >= 11 is 0. The van der Waals surface area contributed by atoms with E-state index in [1.807, 2.05) is 0 Å². The van der Waals surface area contributed by atoms with Gasteiger partial charge in [-0.25, -0.2) is 0 Å². The highest BCUT2D eigenvalue weighted by molar-refractivity contribution is 5.91. The Kier molecular flexibility index (Phi) is 9.34. The van der Waals surface area contributed by atoms with Crippen LogP contribution in [0.25, 0.3) is 0 Å². The smallest absolute Gasteiger partial charge is 0.303 e. The normalized spacial score (nSPS) is 27.2. The van der Waals surface area contributed by atoms with Crippen molar-refractivity contribution in [3.63, 3.8) is 0 Å². The zero-order valence-corrected chi connectivity index (χ0v) is 21.4. The topological polar surface area (TPSA) is 209 Å². The number of hydrogen-bond donors (Lipinski definition) is 7. The average molecular weight is 536 g/mol. The maximum Gasteiger partial charge on any atom is 0.303 e. The van der Waals surface area contributed by atoms with Gasteiger partial charge in [0.15, 0.2) is 0 Å². The van der Waals surface area contributed by atoms with E-state index in [9.17, 15) is 39.6 Å². The minimum atomic E-state index is -2.21. The van der Waals surface area contributed by atoms with Gasteiger partial charge in [0, 0.05) is 25.7 Å². The third-order valence-electron chi connectivity index (χ3n) is 7.65. The van der Waals surface area contributed by atoms with Gasteiger partial charge in [0.25, 0.3) is 5.91 Å². The van der Waals surface area contributed by atoms with Crippen LogP contribution in [-0.4, -0.2) is 81.1 Å². The Labute approximate surface area is 220 Å². The average Bonchev–Trinajstić information content (AvgIpc) is 3.28. The molecule has 3 amide bonds. The molecule has 2 fully saturated rings. The molecule has 3 rings (SSSR count). The molecule has 12 heteroatoms. The molecule has 0 saturated heterocycles. The quantitative estimate of drug-likeness (QED) is 0.192. The Morgan fingerprint density at radius 1 is 1.08 bits per heavy atom. The molecule has 2 aliphatic carbocycles. The summed E-state index contributed by atoms with van der Waals surface area (Å²) in [7, 11) is 1.51.